The number of aliphatic carboxylic acids is 1. The summed E-state index contributed by atoms with van der Waals surface area (Å²) in [5, 5.41) is 13.4. The van der Waals surface area contributed by atoms with Gasteiger partial charge in [-0.2, -0.15) is 0 Å². The standard InChI is InChI=1S/C29H33FN2O4/c30-23-16-22-25(17-24(23)31-20-11-5-2-6-12-20)32(21-13-7-8-14-21)18-27(28(22)33)36-26(29(34)35)15-19-9-3-1-4-10-19/h1,3-4,9-10,16-18,20-21,26,31H,2,5-8,11-15H2,(H,34,35)/t26-/m0/s1. The van der Waals surface area contributed by atoms with Crippen LogP contribution in [0.5, 0.6) is 5.75 Å². The molecule has 2 aromatic carbocycles. The van der Waals surface area contributed by atoms with Crippen LogP contribution in [0.1, 0.15) is 69.4 Å². The number of hydrogen-bond donors (Lipinski definition) is 2. The highest BCUT2D eigenvalue weighted by atomic mass is 19.1. The molecule has 2 aliphatic rings. The van der Waals surface area contributed by atoms with Crippen molar-refractivity contribution in [2.75, 3.05) is 5.32 Å². The molecule has 190 valence electrons. The highest BCUT2D eigenvalue weighted by molar-refractivity contribution is 5.84. The first-order valence-corrected chi connectivity index (χ1v) is 13.1. The summed E-state index contributed by atoms with van der Waals surface area (Å²) in [6.45, 7) is 0. The minimum Gasteiger partial charge on any atom is -0.478 e. The third-order valence-corrected chi connectivity index (χ3v) is 7.58. The fourth-order valence-corrected chi connectivity index (χ4v) is 5.65. The second kappa shape index (κ2) is 10.7. The lowest BCUT2D eigenvalue weighted by Crippen LogP contribution is -2.31. The lowest BCUT2D eigenvalue weighted by Gasteiger charge is -2.25. The molecule has 1 atom stereocenters. The molecule has 0 amide bonds. The van der Waals surface area contributed by atoms with Crippen molar-refractivity contribution in [3.05, 3.63) is 70.3 Å². The van der Waals surface area contributed by atoms with Gasteiger partial charge in [0.15, 0.2) is 11.9 Å². The number of carbonyl (C=O) groups is 1. The number of nitrogens with one attached hydrogen (secondary N) is 1. The number of benzene rings is 2. The summed E-state index contributed by atoms with van der Waals surface area (Å²) in [5.74, 6) is -1.67. The lowest BCUT2D eigenvalue weighted by molar-refractivity contribution is -0.145. The van der Waals surface area contributed by atoms with Gasteiger partial charge in [0.1, 0.15) is 5.82 Å². The number of carboxylic acid groups (broad SMARTS) is 1. The minimum absolute atomic E-state index is 0.0508. The quantitative estimate of drug-likeness (QED) is 0.399. The average molecular weight is 493 g/mol. The van der Waals surface area contributed by atoms with Crippen molar-refractivity contribution in [3.63, 3.8) is 0 Å². The van der Waals surface area contributed by atoms with Gasteiger partial charge in [0.2, 0.25) is 5.43 Å². The number of aromatic nitrogens is 1. The van der Waals surface area contributed by atoms with E-state index in [0.29, 0.717) is 11.2 Å². The topological polar surface area (TPSA) is 80.6 Å². The Morgan fingerprint density at radius 2 is 1.75 bits per heavy atom. The van der Waals surface area contributed by atoms with E-state index in [1.54, 1.807) is 12.3 Å². The van der Waals surface area contributed by atoms with Crippen LogP contribution in [-0.4, -0.2) is 27.8 Å². The number of pyridine rings is 1. The molecule has 1 heterocycles. The number of carboxylic acids is 1. The van der Waals surface area contributed by atoms with Gasteiger partial charge in [0.25, 0.3) is 0 Å². The Morgan fingerprint density at radius 3 is 2.44 bits per heavy atom. The minimum atomic E-state index is -1.23. The van der Waals surface area contributed by atoms with Crippen LogP contribution in [0, 0.1) is 5.82 Å². The predicted octanol–water partition coefficient (Wildman–Crippen LogP) is 6.08. The Morgan fingerprint density at radius 1 is 1.06 bits per heavy atom. The molecule has 2 N–H and O–H groups in total. The van der Waals surface area contributed by atoms with E-state index in [1.165, 1.54) is 12.5 Å². The van der Waals surface area contributed by atoms with Gasteiger partial charge in [-0.3, -0.25) is 4.79 Å². The fourth-order valence-electron chi connectivity index (χ4n) is 5.65. The Balaban J connectivity index is 1.54. The van der Waals surface area contributed by atoms with Crippen LogP contribution in [0.3, 0.4) is 0 Å². The summed E-state index contributed by atoms with van der Waals surface area (Å²) in [4.78, 5) is 25.5. The van der Waals surface area contributed by atoms with Gasteiger partial charge in [0, 0.05) is 18.5 Å². The second-order valence-electron chi connectivity index (χ2n) is 10.1. The van der Waals surface area contributed by atoms with Crippen molar-refractivity contribution in [1.29, 1.82) is 0 Å². The molecule has 36 heavy (non-hydrogen) atoms. The molecule has 0 bridgehead atoms. The van der Waals surface area contributed by atoms with Crippen LogP contribution in [0.25, 0.3) is 10.9 Å². The van der Waals surface area contributed by atoms with Gasteiger partial charge in [-0.25, -0.2) is 9.18 Å². The molecule has 0 spiro atoms. The molecule has 7 heteroatoms. The largest absolute Gasteiger partial charge is 0.478 e. The van der Waals surface area contributed by atoms with E-state index in [2.05, 4.69) is 5.32 Å². The molecular formula is C29H33FN2O4. The zero-order valence-electron chi connectivity index (χ0n) is 20.4. The Kier molecular flexibility index (Phi) is 7.25. The molecule has 2 fully saturated rings. The van der Waals surface area contributed by atoms with E-state index in [-0.39, 0.29) is 29.6 Å². The summed E-state index contributed by atoms with van der Waals surface area (Å²) in [6, 6.07) is 12.6. The molecule has 0 saturated heterocycles. The van der Waals surface area contributed by atoms with Crippen molar-refractivity contribution >= 4 is 22.6 Å². The number of nitrogens with zero attached hydrogens (tertiary/aromatic N) is 1. The van der Waals surface area contributed by atoms with Gasteiger partial charge in [-0.05, 0) is 43.4 Å². The maximum absolute atomic E-state index is 15.2. The molecule has 2 saturated carbocycles. The number of rotatable bonds is 8. The van der Waals surface area contributed by atoms with Crippen LogP contribution < -0.4 is 15.5 Å². The van der Waals surface area contributed by atoms with Crippen molar-refractivity contribution in [3.8, 4) is 5.75 Å². The van der Waals surface area contributed by atoms with E-state index in [1.807, 2.05) is 34.9 Å². The average Bonchev–Trinajstić information content (AvgIpc) is 3.42. The first-order valence-electron chi connectivity index (χ1n) is 13.1. The zero-order chi connectivity index (χ0) is 25.1. The number of hydrogen-bond acceptors (Lipinski definition) is 4. The molecule has 2 aliphatic carbocycles. The summed E-state index contributed by atoms with van der Waals surface area (Å²) in [6.07, 6.45) is 10.1. The smallest absolute Gasteiger partial charge is 0.345 e. The van der Waals surface area contributed by atoms with Crippen molar-refractivity contribution in [2.45, 2.75) is 82.4 Å². The molecule has 6 nitrogen and oxygen atoms in total. The fraction of sp³-hybridized carbons (Fsp3) is 0.448. The summed E-state index contributed by atoms with van der Waals surface area (Å²) < 4.78 is 23.1. The Bertz CT molecular complexity index is 1280. The highest BCUT2D eigenvalue weighted by Crippen LogP contribution is 2.35. The highest BCUT2D eigenvalue weighted by Gasteiger charge is 2.26. The SMILES string of the molecule is O=C(O)[C@H](Cc1ccccc1)Oc1cn(C2CCCC2)c2cc(NC3CCCCC3)c(F)cc2c1=O. The molecule has 0 aliphatic heterocycles. The van der Waals surface area contributed by atoms with Gasteiger partial charge in [-0.1, -0.05) is 62.4 Å². The molecule has 0 unspecified atom stereocenters. The van der Waals surface area contributed by atoms with Crippen LogP contribution in [0.4, 0.5) is 10.1 Å². The van der Waals surface area contributed by atoms with Gasteiger partial charge in [-0.15, -0.1) is 0 Å². The summed E-state index contributed by atoms with van der Waals surface area (Å²) in [7, 11) is 0. The third kappa shape index (κ3) is 5.25. The number of ether oxygens (including phenoxy) is 1. The number of fused-ring (bicyclic) bond motifs is 1. The van der Waals surface area contributed by atoms with E-state index in [9.17, 15) is 14.7 Å². The van der Waals surface area contributed by atoms with Crippen LogP contribution in [0.15, 0.2) is 53.5 Å². The Hall–Kier alpha value is -3.35. The maximum Gasteiger partial charge on any atom is 0.345 e. The van der Waals surface area contributed by atoms with Crippen LogP contribution in [0.2, 0.25) is 0 Å². The molecule has 3 aromatic rings. The van der Waals surface area contributed by atoms with E-state index < -0.39 is 23.3 Å². The summed E-state index contributed by atoms with van der Waals surface area (Å²) >= 11 is 0. The lowest BCUT2D eigenvalue weighted by atomic mass is 9.95. The first-order chi connectivity index (χ1) is 17.5. The van der Waals surface area contributed by atoms with Crippen molar-refractivity contribution in [2.24, 2.45) is 0 Å². The van der Waals surface area contributed by atoms with Crippen LogP contribution >= 0.6 is 0 Å². The molecule has 0 radical (unpaired) electrons. The van der Waals surface area contributed by atoms with Gasteiger partial charge in [0.05, 0.1) is 22.8 Å². The molecule has 5 rings (SSSR count). The maximum atomic E-state index is 15.2. The van der Waals surface area contributed by atoms with E-state index >= 15 is 4.39 Å². The van der Waals surface area contributed by atoms with E-state index in [4.69, 9.17) is 4.74 Å². The van der Waals surface area contributed by atoms with E-state index in [0.717, 1.165) is 56.9 Å². The normalized spacial score (nSPS) is 17.8. The van der Waals surface area contributed by atoms with Gasteiger partial charge >= 0.3 is 5.97 Å². The second-order valence-corrected chi connectivity index (χ2v) is 10.1. The number of halogens is 1. The monoisotopic (exact) mass is 492 g/mol. The first kappa shape index (κ1) is 24.3. The van der Waals surface area contributed by atoms with Crippen molar-refractivity contribution < 1.29 is 19.0 Å². The predicted molar refractivity (Wildman–Crippen MR) is 138 cm³/mol. The van der Waals surface area contributed by atoms with Crippen molar-refractivity contribution in [1.82, 2.24) is 4.57 Å². The number of anilines is 1. The zero-order valence-corrected chi connectivity index (χ0v) is 20.4. The van der Waals surface area contributed by atoms with Crippen LogP contribution in [-0.2, 0) is 11.2 Å². The summed E-state index contributed by atoms with van der Waals surface area (Å²) in [5.41, 5.74) is 1.39. The van der Waals surface area contributed by atoms with Gasteiger partial charge < -0.3 is 19.7 Å². The molecular weight excluding hydrogens is 459 g/mol. The molecule has 1 aromatic heterocycles. The Labute approximate surface area is 210 Å². The third-order valence-electron chi connectivity index (χ3n) is 7.58.